The van der Waals surface area contributed by atoms with Gasteiger partial charge in [-0.3, -0.25) is 4.99 Å². The van der Waals surface area contributed by atoms with Gasteiger partial charge >= 0.3 is 0 Å². The quantitative estimate of drug-likeness (QED) is 0.462. The zero-order valence-corrected chi connectivity index (χ0v) is 13.8. The molecule has 0 bridgehead atoms. The smallest absolute Gasteiger partial charge is 0.191 e. The van der Waals surface area contributed by atoms with E-state index >= 15 is 0 Å². The number of rotatable bonds is 7. The number of methoxy groups -OCH3 is 1. The summed E-state index contributed by atoms with van der Waals surface area (Å²) < 4.78 is 10.4. The van der Waals surface area contributed by atoms with Gasteiger partial charge in [0, 0.05) is 26.1 Å². The Kier molecular flexibility index (Phi) is 7.30. The fraction of sp³-hybridized carbons (Fsp3) is 0.706. The molecule has 1 saturated carbocycles. The summed E-state index contributed by atoms with van der Waals surface area (Å²) in [4.78, 5) is 4.60. The minimum atomic E-state index is 0.520. The highest BCUT2D eigenvalue weighted by atomic mass is 16.5. The van der Waals surface area contributed by atoms with Gasteiger partial charge in [-0.15, -0.1) is 0 Å². The fourth-order valence-corrected chi connectivity index (χ4v) is 2.87. The van der Waals surface area contributed by atoms with E-state index in [9.17, 15) is 0 Å². The van der Waals surface area contributed by atoms with Gasteiger partial charge in [-0.25, -0.2) is 0 Å². The maximum absolute atomic E-state index is 5.36. The summed E-state index contributed by atoms with van der Waals surface area (Å²) in [6.45, 7) is 4.46. The second-order valence-corrected chi connectivity index (χ2v) is 5.99. The van der Waals surface area contributed by atoms with Crippen LogP contribution in [-0.2, 0) is 11.2 Å². The second kappa shape index (κ2) is 9.51. The summed E-state index contributed by atoms with van der Waals surface area (Å²) in [6, 6.07) is 4.44. The predicted molar refractivity (Wildman–Crippen MR) is 89.1 cm³/mol. The van der Waals surface area contributed by atoms with E-state index in [1.54, 1.807) is 13.4 Å². The number of furan rings is 1. The number of aliphatic imine (C=N–C) groups is 1. The molecule has 1 aromatic heterocycles. The van der Waals surface area contributed by atoms with Crippen molar-refractivity contribution in [3.63, 3.8) is 0 Å². The first-order chi connectivity index (χ1) is 10.8. The maximum atomic E-state index is 5.36. The van der Waals surface area contributed by atoms with Gasteiger partial charge in [0.05, 0.1) is 19.4 Å². The van der Waals surface area contributed by atoms with Crippen LogP contribution in [0.15, 0.2) is 27.8 Å². The number of hydrogen-bond donors (Lipinski definition) is 2. The highest BCUT2D eigenvalue weighted by molar-refractivity contribution is 5.80. The van der Waals surface area contributed by atoms with Crippen molar-refractivity contribution in [2.45, 2.75) is 45.1 Å². The van der Waals surface area contributed by atoms with Crippen LogP contribution in [0, 0.1) is 5.92 Å². The van der Waals surface area contributed by atoms with Gasteiger partial charge in [0.25, 0.3) is 0 Å². The lowest BCUT2D eigenvalue weighted by Gasteiger charge is -2.31. The lowest BCUT2D eigenvalue weighted by atomic mass is 9.86. The Labute approximate surface area is 133 Å². The van der Waals surface area contributed by atoms with Gasteiger partial charge in [-0.05, 0) is 30.9 Å². The Bertz CT molecular complexity index is 431. The molecule has 124 valence electrons. The average molecular weight is 307 g/mol. The number of nitrogens with zero attached hydrogens (tertiary/aromatic N) is 1. The van der Waals surface area contributed by atoms with Crippen LogP contribution >= 0.6 is 0 Å². The van der Waals surface area contributed by atoms with Crippen molar-refractivity contribution in [1.29, 1.82) is 0 Å². The van der Waals surface area contributed by atoms with E-state index in [0.717, 1.165) is 24.7 Å². The molecule has 5 heteroatoms. The minimum absolute atomic E-state index is 0.520. The first kappa shape index (κ1) is 16.9. The first-order valence-corrected chi connectivity index (χ1v) is 8.35. The zero-order chi connectivity index (χ0) is 15.6. The van der Waals surface area contributed by atoms with E-state index in [0.29, 0.717) is 25.1 Å². The summed E-state index contributed by atoms with van der Waals surface area (Å²) in [5, 5.41) is 7.01. The summed E-state index contributed by atoms with van der Waals surface area (Å²) in [5.74, 6) is 2.59. The number of guanidine groups is 1. The van der Waals surface area contributed by atoms with E-state index < -0.39 is 0 Å². The molecule has 2 unspecified atom stereocenters. The first-order valence-electron chi connectivity index (χ1n) is 8.35. The molecule has 2 rings (SSSR count). The third-order valence-electron chi connectivity index (χ3n) is 4.24. The van der Waals surface area contributed by atoms with Crippen LogP contribution in [0.1, 0.15) is 38.4 Å². The normalized spacial score (nSPS) is 22.5. The van der Waals surface area contributed by atoms with Gasteiger partial charge < -0.3 is 19.8 Å². The van der Waals surface area contributed by atoms with Gasteiger partial charge in [0.2, 0.25) is 0 Å². The third kappa shape index (κ3) is 5.72. The molecule has 1 aliphatic carbocycles. The summed E-state index contributed by atoms with van der Waals surface area (Å²) in [5.41, 5.74) is 0. The van der Waals surface area contributed by atoms with Crippen LogP contribution in [0.25, 0.3) is 0 Å². The molecule has 2 atom stereocenters. The third-order valence-corrected chi connectivity index (χ3v) is 4.24. The van der Waals surface area contributed by atoms with Crippen molar-refractivity contribution in [3.8, 4) is 0 Å². The molecule has 1 fully saturated rings. The Balaban J connectivity index is 1.83. The van der Waals surface area contributed by atoms with Gasteiger partial charge in [-0.1, -0.05) is 19.8 Å². The molecular weight excluding hydrogens is 278 g/mol. The van der Waals surface area contributed by atoms with Crippen molar-refractivity contribution in [2.24, 2.45) is 10.9 Å². The number of nitrogens with one attached hydrogen (secondary N) is 2. The minimum Gasteiger partial charge on any atom is -0.469 e. The van der Waals surface area contributed by atoms with E-state index in [4.69, 9.17) is 9.15 Å². The highest BCUT2D eigenvalue weighted by Gasteiger charge is 2.21. The van der Waals surface area contributed by atoms with Crippen molar-refractivity contribution in [2.75, 3.05) is 26.8 Å². The lowest BCUT2D eigenvalue weighted by Crippen LogP contribution is -2.47. The van der Waals surface area contributed by atoms with E-state index in [1.807, 2.05) is 12.1 Å². The predicted octanol–water partition coefficient (Wildman–Crippen LogP) is 2.58. The van der Waals surface area contributed by atoms with Gasteiger partial charge in [-0.2, -0.15) is 0 Å². The van der Waals surface area contributed by atoms with E-state index in [1.165, 1.54) is 25.7 Å². The molecule has 0 amide bonds. The topological polar surface area (TPSA) is 58.8 Å². The van der Waals surface area contributed by atoms with Crippen LogP contribution in [0.5, 0.6) is 0 Å². The molecule has 1 aliphatic rings. The number of hydrogen-bond acceptors (Lipinski definition) is 3. The molecule has 1 aromatic rings. The Morgan fingerprint density at radius 2 is 2.27 bits per heavy atom. The molecular formula is C17H29N3O2. The maximum Gasteiger partial charge on any atom is 0.191 e. The molecule has 1 heterocycles. The van der Waals surface area contributed by atoms with E-state index in [2.05, 4.69) is 22.5 Å². The van der Waals surface area contributed by atoms with Crippen LogP contribution < -0.4 is 10.6 Å². The van der Waals surface area contributed by atoms with Crippen molar-refractivity contribution in [3.05, 3.63) is 24.2 Å². The van der Waals surface area contributed by atoms with E-state index in [-0.39, 0.29) is 0 Å². The highest BCUT2D eigenvalue weighted by Crippen LogP contribution is 2.23. The summed E-state index contributed by atoms with van der Waals surface area (Å²) >= 11 is 0. The molecule has 5 nitrogen and oxygen atoms in total. The van der Waals surface area contributed by atoms with Crippen LogP contribution in [0.3, 0.4) is 0 Å². The van der Waals surface area contributed by atoms with Gasteiger partial charge in [0.15, 0.2) is 5.96 Å². The van der Waals surface area contributed by atoms with Gasteiger partial charge in [0.1, 0.15) is 5.76 Å². The molecule has 0 radical (unpaired) electrons. The number of ether oxygens (including phenoxy) is 1. The second-order valence-electron chi connectivity index (χ2n) is 5.99. The zero-order valence-electron chi connectivity index (χ0n) is 13.8. The Morgan fingerprint density at radius 3 is 3.00 bits per heavy atom. The molecule has 0 aromatic carbocycles. The fourth-order valence-electron chi connectivity index (χ4n) is 2.87. The van der Waals surface area contributed by atoms with Crippen molar-refractivity contribution in [1.82, 2.24) is 10.6 Å². The van der Waals surface area contributed by atoms with Crippen LogP contribution in [0.2, 0.25) is 0 Å². The SMILES string of the molecule is COCCN=C(NCCc1ccco1)NC1CCCCC1C. The average Bonchev–Trinajstić information content (AvgIpc) is 3.03. The molecule has 2 N–H and O–H groups in total. The largest absolute Gasteiger partial charge is 0.469 e. The standard InChI is InChI=1S/C17H29N3O2/c1-14-6-3-4-8-16(14)20-17(19-11-13-21-2)18-10-9-15-7-5-12-22-15/h5,7,12,14,16H,3-4,6,8-11,13H2,1-2H3,(H2,18,19,20). The molecule has 0 saturated heterocycles. The van der Waals surface area contributed by atoms with Crippen molar-refractivity contribution >= 4 is 5.96 Å². The Morgan fingerprint density at radius 1 is 1.41 bits per heavy atom. The summed E-state index contributed by atoms with van der Waals surface area (Å²) in [7, 11) is 1.70. The molecule has 0 spiro atoms. The van der Waals surface area contributed by atoms with Crippen LogP contribution in [0.4, 0.5) is 0 Å². The molecule has 22 heavy (non-hydrogen) atoms. The van der Waals surface area contributed by atoms with Crippen molar-refractivity contribution < 1.29 is 9.15 Å². The van der Waals surface area contributed by atoms with Crippen LogP contribution in [-0.4, -0.2) is 38.8 Å². The monoisotopic (exact) mass is 307 g/mol. The summed E-state index contributed by atoms with van der Waals surface area (Å²) in [6.07, 6.45) is 7.75. The Hall–Kier alpha value is -1.49. The lowest BCUT2D eigenvalue weighted by molar-refractivity contribution is 0.207. The molecule has 0 aliphatic heterocycles.